The van der Waals surface area contributed by atoms with Gasteiger partial charge in [0.2, 0.25) is 0 Å². The molecule has 2 atom stereocenters. The molecule has 2 bridgehead atoms. The first-order valence-corrected chi connectivity index (χ1v) is 5.08. The Morgan fingerprint density at radius 2 is 2.00 bits per heavy atom. The summed E-state index contributed by atoms with van der Waals surface area (Å²) < 4.78 is 0. The Labute approximate surface area is 75.3 Å². The Bertz CT molecular complexity index is 155. The predicted molar refractivity (Wildman–Crippen MR) is 51.3 cm³/mol. The van der Waals surface area contributed by atoms with Crippen LogP contribution in [0.2, 0.25) is 0 Å². The van der Waals surface area contributed by atoms with Crippen LogP contribution in [0.3, 0.4) is 0 Å². The average Bonchev–Trinajstić information content (AvgIpc) is 2.11. The summed E-state index contributed by atoms with van der Waals surface area (Å²) in [7, 11) is 0. The van der Waals surface area contributed by atoms with Gasteiger partial charge in [0.05, 0.1) is 0 Å². The van der Waals surface area contributed by atoms with Crippen molar-refractivity contribution in [2.45, 2.75) is 51.2 Å². The van der Waals surface area contributed by atoms with E-state index in [0.29, 0.717) is 5.54 Å². The summed E-state index contributed by atoms with van der Waals surface area (Å²) in [6.45, 7) is 9.41. The molecule has 3 rings (SSSR count). The minimum atomic E-state index is 0.375. The molecule has 0 spiro atoms. The number of nitrogens with zero attached hydrogens (tertiary/aromatic N) is 1. The Morgan fingerprint density at radius 1 is 1.25 bits per heavy atom. The van der Waals surface area contributed by atoms with Crippen LogP contribution in [0.4, 0.5) is 0 Å². The van der Waals surface area contributed by atoms with E-state index in [9.17, 15) is 0 Å². The predicted octanol–water partition coefficient (Wildman–Crippen LogP) is 1.22. The molecule has 0 aliphatic carbocycles. The minimum absolute atomic E-state index is 0.375. The molecule has 12 heavy (non-hydrogen) atoms. The van der Waals surface area contributed by atoms with Gasteiger partial charge in [0.1, 0.15) is 0 Å². The fourth-order valence-electron chi connectivity index (χ4n) is 2.77. The molecule has 0 saturated carbocycles. The van der Waals surface area contributed by atoms with Gasteiger partial charge >= 0.3 is 0 Å². The molecule has 0 aromatic carbocycles. The lowest BCUT2D eigenvalue weighted by Crippen LogP contribution is -2.64. The summed E-state index contributed by atoms with van der Waals surface area (Å²) in [5, 5.41) is 3.50. The fourth-order valence-corrected chi connectivity index (χ4v) is 2.77. The first-order valence-electron chi connectivity index (χ1n) is 5.08. The van der Waals surface area contributed by atoms with Crippen molar-refractivity contribution >= 4 is 0 Å². The highest BCUT2D eigenvalue weighted by Gasteiger charge is 2.44. The van der Waals surface area contributed by atoms with Crippen molar-refractivity contribution in [2.75, 3.05) is 13.1 Å². The molecular formula is C10H20N2. The lowest BCUT2D eigenvalue weighted by molar-refractivity contribution is -0.0487. The molecule has 3 aliphatic heterocycles. The minimum Gasteiger partial charge on any atom is -0.315 e. The highest BCUT2D eigenvalue weighted by molar-refractivity contribution is 5.01. The van der Waals surface area contributed by atoms with Gasteiger partial charge in [-0.15, -0.1) is 0 Å². The number of hydrogen-bond acceptors (Lipinski definition) is 2. The van der Waals surface area contributed by atoms with Gasteiger partial charge in [0.25, 0.3) is 0 Å². The summed E-state index contributed by atoms with van der Waals surface area (Å²) >= 11 is 0. The molecular weight excluding hydrogens is 148 g/mol. The molecule has 3 saturated heterocycles. The molecule has 3 aliphatic rings. The third-order valence-electron chi connectivity index (χ3n) is 3.14. The van der Waals surface area contributed by atoms with E-state index in [4.69, 9.17) is 0 Å². The third kappa shape index (κ3) is 1.27. The van der Waals surface area contributed by atoms with E-state index in [1.807, 2.05) is 0 Å². The van der Waals surface area contributed by atoms with Gasteiger partial charge < -0.3 is 5.32 Å². The molecule has 0 aromatic heterocycles. The smallest absolute Gasteiger partial charge is 0.0243 e. The Hall–Kier alpha value is -0.0800. The molecule has 2 heteroatoms. The molecule has 0 radical (unpaired) electrons. The number of nitrogens with one attached hydrogen (secondary N) is 1. The molecule has 2 nitrogen and oxygen atoms in total. The van der Waals surface area contributed by atoms with Crippen LogP contribution in [0.5, 0.6) is 0 Å². The van der Waals surface area contributed by atoms with Crippen molar-refractivity contribution in [3.8, 4) is 0 Å². The topological polar surface area (TPSA) is 15.3 Å². The SMILES string of the molecule is CC(C)(C)N1[C@@H]2CCNC[C@H]1C2. The van der Waals surface area contributed by atoms with E-state index in [1.54, 1.807) is 0 Å². The normalized spacial score (nSPS) is 37.2. The van der Waals surface area contributed by atoms with Crippen LogP contribution in [-0.4, -0.2) is 35.6 Å². The van der Waals surface area contributed by atoms with Crippen molar-refractivity contribution in [2.24, 2.45) is 0 Å². The maximum absolute atomic E-state index is 3.50. The first-order chi connectivity index (χ1) is 5.59. The average molecular weight is 168 g/mol. The van der Waals surface area contributed by atoms with E-state index < -0.39 is 0 Å². The van der Waals surface area contributed by atoms with E-state index in [0.717, 1.165) is 12.1 Å². The summed E-state index contributed by atoms with van der Waals surface area (Å²) in [4.78, 5) is 2.69. The Morgan fingerprint density at radius 3 is 2.67 bits per heavy atom. The molecule has 0 unspecified atom stereocenters. The molecule has 3 heterocycles. The highest BCUT2D eigenvalue weighted by atomic mass is 15.3. The third-order valence-corrected chi connectivity index (χ3v) is 3.14. The van der Waals surface area contributed by atoms with Crippen molar-refractivity contribution < 1.29 is 0 Å². The van der Waals surface area contributed by atoms with Crippen LogP contribution in [-0.2, 0) is 0 Å². The zero-order valence-corrected chi connectivity index (χ0v) is 8.43. The second-order valence-corrected chi connectivity index (χ2v) is 5.11. The molecule has 0 aromatic rings. The fraction of sp³-hybridized carbons (Fsp3) is 1.00. The van der Waals surface area contributed by atoms with Crippen molar-refractivity contribution in [3.05, 3.63) is 0 Å². The Balaban J connectivity index is 2.08. The van der Waals surface area contributed by atoms with Crippen LogP contribution in [0.25, 0.3) is 0 Å². The maximum Gasteiger partial charge on any atom is 0.0243 e. The van der Waals surface area contributed by atoms with Crippen LogP contribution >= 0.6 is 0 Å². The van der Waals surface area contributed by atoms with E-state index in [2.05, 4.69) is 31.0 Å². The van der Waals surface area contributed by atoms with Crippen molar-refractivity contribution in [1.82, 2.24) is 10.2 Å². The second-order valence-electron chi connectivity index (χ2n) is 5.11. The highest BCUT2D eigenvalue weighted by Crippen LogP contribution is 2.36. The van der Waals surface area contributed by atoms with Crippen LogP contribution < -0.4 is 5.32 Å². The van der Waals surface area contributed by atoms with Crippen LogP contribution in [0.15, 0.2) is 0 Å². The maximum atomic E-state index is 3.50. The standard InChI is InChI=1S/C10H20N2/c1-10(2,3)12-8-4-5-11-7-9(12)6-8/h8-9,11H,4-7H2,1-3H3/t8-,9-/m1/s1. The van der Waals surface area contributed by atoms with Gasteiger partial charge in [-0.1, -0.05) is 0 Å². The molecule has 70 valence electrons. The van der Waals surface area contributed by atoms with E-state index in [1.165, 1.54) is 25.9 Å². The number of fused-ring (bicyclic) bond motifs is 3. The lowest BCUT2D eigenvalue weighted by atomic mass is 9.85. The van der Waals surface area contributed by atoms with Gasteiger partial charge in [-0.2, -0.15) is 0 Å². The number of hydrogen-bond donors (Lipinski definition) is 1. The van der Waals surface area contributed by atoms with Crippen LogP contribution in [0, 0.1) is 0 Å². The van der Waals surface area contributed by atoms with Gasteiger partial charge in [0.15, 0.2) is 0 Å². The summed E-state index contributed by atoms with van der Waals surface area (Å²) in [6, 6.07) is 1.68. The summed E-state index contributed by atoms with van der Waals surface area (Å²) in [5.41, 5.74) is 0.375. The van der Waals surface area contributed by atoms with E-state index >= 15 is 0 Å². The zero-order valence-electron chi connectivity index (χ0n) is 8.43. The van der Waals surface area contributed by atoms with Crippen molar-refractivity contribution in [1.29, 1.82) is 0 Å². The molecule has 0 amide bonds. The zero-order chi connectivity index (χ0) is 8.77. The molecule has 1 N–H and O–H groups in total. The lowest BCUT2D eigenvalue weighted by Gasteiger charge is -2.54. The van der Waals surface area contributed by atoms with Gasteiger partial charge in [-0.05, 0) is 40.2 Å². The Kier molecular flexibility index (Phi) is 1.92. The monoisotopic (exact) mass is 168 g/mol. The van der Waals surface area contributed by atoms with Gasteiger partial charge in [0, 0.05) is 24.2 Å². The van der Waals surface area contributed by atoms with E-state index in [-0.39, 0.29) is 0 Å². The quantitative estimate of drug-likeness (QED) is 0.585. The summed E-state index contributed by atoms with van der Waals surface area (Å²) in [5.74, 6) is 0. The largest absolute Gasteiger partial charge is 0.315 e. The first kappa shape index (κ1) is 8.52. The number of rotatable bonds is 0. The van der Waals surface area contributed by atoms with Gasteiger partial charge in [-0.25, -0.2) is 0 Å². The van der Waals surface area contributed by atoms with Gasteiger partial charge in [-0.3, -0.25) is 4.90 Å². The summed E-state index contributed by atoms with van der Waals surface area (Å²) in [6.07, 6.45) is 2.76. The van der Waals surface area contributed by atoms with Crippen LogP contribution in [0.1, 0.15) is 33.6 Å². The second kappa shape index (κ2) is 2.71. The van der Waals surface area contributed by atoms with Crippen molar-refractivity contribution in [3.63, 3.8) is 0 Å². The molecule has 3 fully saturated rings.